The van der Waals surface area contributed by atoms with Gasteiger partial charge in [0.05, 0.1) is 0 Å². The fourth-order valence-electron chi connectivity index (χ4n) is 2.42. The Kier molecular flexibility index (Phi) is 3.26. The lowest BCUT2D eigenvalue weighted by atomic mass is 10.00. The Morgan fingerprint density at radius 3 is 2.69 bits per heavy atom. The van der Waals surface area contributed by atoms with Crippen LogP contribution in [0.25, 0.3) is 0 Å². The van der Waals surface area contributed by atoms with E-state index in [1.165, 1.54) is 0 Å². The van der Waals surface area contributed by atoms with Gasteiger partial charge in [0.25, 0.3) is 0 Å². The Morgan fingerprint density at radius 1 is 1.31 bits per heavy atom. The highest BCUT2D eigenvalue weighted by Crippen LogP contribution is 2.38. The molecule has 16 heavy (non-hydrogen) atoms. The van der Waals surface area contributed by atoms with Gasteiger partial charge in [-0.3, -0.25) is 4.79 Å². The van der Waals surface area contributed by atoms with Crippen LogP contribution in [0.3, 0.4) is 0 Å². The van der Waals surface area contributed by atoms with Gasteiger partial charge < -0.3 is 5.32 Å². The van der Waals surface area contributed by atoms with Crippen LogP contribution in [0.15, 0.2) is 12.2 Å². The lowest BCUT2D eigenvalue weighted by Gasteiger charge is -2.21. The van der Waals surface area contributed by atoms with Crippen LogP contribution in [0, 0.1) is 5.92 Å². The molecule has 0 bridgehead atoms. The van der Waals surface area contributed by atoms with Crippen LogP contribution in [0.1, 0.15) is 38.5 Å². The molecule has 4 heteroatoms. The zero-order chi connectivity index (χ0) is 11.6. The molecule has 0 heterocycles. The molecule has 0 aliphatic heterocycles. The van der Waals surface area contributed by atoms with E-state index in [2.05, 4.69) is 11.4 Å². The van der Waals surface area contributed by atoms with E-state index in [9.17, 15) is 13.6 Å². The number of hydrogen-bond donors (Lipinski definition) is 1. The van der Waals surface area contributed by atoms with E-state index in [-0.39, 0.29) is 24.8 Å². The van der Waals surface area contributed by atoms with Crippen molar-refractivity contribution in [1.82, 2.24) is 5.32 Å². The molecule has 1 saturated carbocycles. The molecule has 1 fully saturated rings. The van der Waals surface area contributed by atoms with Crippen molar-refractivity contribution in [2.75, 3.05) is 0 Å². The highest BCUT2D eigenvalue weighted by Gasteiger charge is 2.42. The van der Waals surface area contributed by atoms with Gasteiger partial charge in [-0.15, -0.1) is 0 Å². The predicted octanol–water partition coefficient (Wildman–Crippen LogP) is 2.65. The van der Waals surface area contributed by atoms with Gasteiger partial charge in [-0.05, 0) is 25.7 Å². The van der Waals surface area contributed by atoms with Crippen molar-refractivity contribution in [3.63, 3.8) is 0 Å². The largest absolute Gasteiger partial charge is 0.353 e. The quantitative estimate of drug-likeness (QED) is 0.725. The van der Waals surface area contributed by atoms with Crippen molar-refractivity contribution in [3.8, 4) is 0 Å². The van der Waals surface area contributed by atoms with Crippen LogP contribution in [0.4, 0.5) is 8.78 Å². The first-order valence-electron chi connectivity index (χ1n) is 5.90. The van der Waals surface area contributed by atoms with Crippen LogP contribution in [0.2, 0.25) is 0 Å². The summed E-state index contributed by atoms with van der Waals surface area (Å²) in [4.78, 5) is 11.7. The normalized spacial score (nSPS) is 32.6. The third-order valence-electron chi connectivity index (χ3n) is 3.39. The maximum atomic E-state index is 12.9. The summed E-state index contributed by atoms with van der Waals surface area (Å²) in [5.74, 6) is -3.30. The van der Waals surface area contributed by atoms with Gasteiger partial charge in [0.1, 0.15) is 0 Å². The number of nitrogens with one attached hydrogen (secondary N) is 1. The minimum Gasteiger partial charge on any atom is -0.353 e. The highest BCUT2D eigenvalue weighted by molar-refractivity contribution is 5.79. The minimum atomic E-state index is -2.63. The van der Waals surface area contributed by atoms with Gasteiger partial charge >= 0.3 is 0 Å². The average molecular weight is 229 g/mol. The molecule has 2 unspecified atom stereocenters. The van der Waals surface area contributed by atoms with Gasteiger partial charge in [-0.1, -0.05) is 12.2 Å². The third-order valence-corrected chi connectivity index (χ3v) is 3.39. The second-order valence-corrected chi connectivity index (χ2v) is 4.79. The number of alkyl halides is 2. The molecular weight excluding hydrogens is 212 g/mol. The summed E-state index contributed by atoms with van der Waals surface area (Å²) in [6.45, 7) is 0. The number of rotatable bonds is 2. The Morgan fingerprint density at radius 2 is 2.12 bits per heavy atom. The molecule has 0 spiro atoms. The van der Waals surface area contributed by atoms with Crippen molar-refractivity contribution in [1.29, 1.82) is 0 Å². The SMILES string of the molecule is O=C(NC1CC=CCC1)C1CCC(F)(F)C1. The summed E-state index contributed by atoms with van der Waals surface area (Å²) in [6, 6.07) is 0.145. The molecule has 90 valence electrons. The van der Waals surface area contributed by atoms with Crippen molar-refractivity contribution < 1.29 is 13.6 Å². The van der Waals surface area contributed by atoms with Gasteiger partial charge in [-0.2, -0.15) is 0 Å². The van der Waals surface area contributed by atoms with Crippen molar-refractivity contribution in [2.45, 2.75) is 50.5 Å². The number of amides is 1. The fraction of sp³-hybridized carbons (Fsp3) is 0.750. The number of carbonyl (C=O) groups is 1. The van der Waals surface area contributed by atoms with Crippen molar-refractivity contribution in [3.05, 3.63) is 12.2 Å². The van der Waals surface area contributed by atoms with Crippen LogP contribution >= 0.6 is 0 Å². The van der Waals surface area contributed by atoms with Gasteiger partial charge in [0.2, 0.25) is 11.8 Å². The molecule has 0 radical (unpaired) electrons. The second kappa shape index (κ2) is 4.52. The lowest BCUT2D eigenvalue weighted by molar-refractivity contribution is -0.126. The van der Waals surface area contributed by atoms with Crippen LogP contribution in [-0.2, 0) is 4.79 Å². The Bertz CT molecular complexity index is 301. The molecular formula is C12H17F2NO. The summed E-state index contributed by atoms with van der Waals surface area (Å²) in [5.41, 5.74) is 0. The summed E-state index contributed by atoms with van der Waals surface area (Å²) in [5, 5.41) is 2.88. The third kappa shape index (κ3) is 2.80. The van der Waals surface area contributed by atoms with Gasteiger partial charge in [-0.25, -0.2) is 8.78 Å². The minimum absolute atomic E-state index is 0.143. The summed E-state index contributed by atoms with van der Waals surface area (Å²) < 4.78 is 25.9. The first-order valence-corrected chi connectivity index (χ1v) is 5.90. The maximum absolute atomic E-state index is 12.9. The predicted molar refractivity (Wildman–Crippen MR) is 57.2 cm³/mol. The topological polar surface area (TPSA) is 29.1 Å². The van der Waals surface area contributed by atoms with Crippen molar-refractivity contribution >= 4 is 5.91 Å². The second-order valence-electron chi connectivity index (χ2n) is 4.79. The zero-order valence-electron chi connectivity index (χ0n) is 9.22. The van der Waals surface area contributed by atoms with E-state index >= 15 is 0 Å². The van der Waals surface area contributed by atoms with E-state index in [0.29, 0.717) is 6.42 Å². The Labute approximate surface area is 94.1 Å². The van der Waals surface area contributed by atoms with Gasteiger partial charge in [0, 0.05) is 24.8 Å². The molecule has 0 aromatic rings. The Balaban J connectivity index is 1.82. The van der Waals surface area contributed by atoms with E-state index in [4.69, 9.17) is 0 Å². The number of hydrogen-bond acceptors (Lipinski definition) is 1. The molecule has 2 nitrogen and oxygen atoms in total. The Hall–Kier alpha value is -0.930. The molecule has 1 N–H and O–H groups in total. The highest BCUT2D eigenvalue weighted by atomic mass is 19.3. The molecule has 2 aliphatic rings. The monoisotopic (exact) mass is 229 g/mol. The molecule has 2 rings (SSSR count). The van der Waals surface area contributed by atoms with E-state index in [1.54, 1.807) is 0 Å². The molecule has 1 amide bonds. The number of allylic oxidation sites excluding steroid dienone is 1. The van der Waals surface area contributed by atoms with Crippen LogP contribution in [0.5, 0.6) is 0 Å². The van der Waals surface area contributed by atoms with Crippen molar-refractivity contribution in [2.24, 2.45) is 5.92 Å². The summed E-state index contributed by atoms with van der Waals surface area (Å²) in [6.07, 6.45) is 6.74. The fourth-order valence-corrected chi connectivity index (χ4v) is 2.42. The molecule has 0 saturated heterocycles. The summed E-state index contributed by atoms with van der Waals surface area (Å²) in [7, 11) is 0. The lowest BCUT2D eigenvalue weighted by Crippen LogP contribution is -2.39. The zero-order valence-corrected chi connectivity index (χ0v) is 9.22. The molecule has 0 aromatic heterocycles. The van der Waals surface area contributed by atoms with Gasteiger partial charge in [0.15, 0.2) is 0 Å². The standard InChI is InChI=1S/C12H17F2NO/c13-12(14)7-6-9(8-12)11(16)15-10-4-2-1-3-5-10/h1-2,9-10H,3-8H2,(H,15,16). The first-order chi connectivity index (χ1) is 7.57. The van der Waals surface area contributed by atoms with Crippen LogP contribution < -0.4 is 5.32 Å². The number of carbonyl (C=O) groups excluding carboxylic acids is 1. The smallest absolute Gasteiger partial charge is 0.248 e. The van der Waals surface area contributed by atoms with E-state index in [0.717, 1.165) is 19.3 Å². The average Bonchev–Trinajstić information content (AvgIpc) is 2.60. The number of halogens is 2. The molecule has 0 aromatic carbocycles. The van der Waals surface area contributed by atoms with Crippen LogP contribution in [-0.4, -0.2) is 17.9 Å². The first kappa shape index (κ1) is 11.6. The van der Waals surface area contributed by atoms with E-state index in [1.807, 2.05) is 6.08 Å². The maximum Gasteiger partial charge on any atom is 0.248 e. The van der Waals surface area contributed by atoms with E-state index < -0.39 is 11.8 Å². The molecule has 2 atom stereocenters. The summed E-state index contributed by atoms with van der Waals surface area (Å²) >= 11 is 0. The molecule has 2 aliphatic carbocycles.